The van der Waals surface area contributed by atoms with Crippen LogP contribution >= 0.6 is 0 Å². The van der Waals surface area contributed by atoms with Gasteiger partial charge in [-0.05, 0) is 24.6 Å². The average Bonchev–Trinajstić information content (AvgIpc) is 2.70. The molecule has 0 saturated carbocycles. The average molecular weight is 309 g/mol. The van der Waals surface area contributed by atoms with Crippen LogP contribution in [-0.2, 0) is 4.79 Å². The van der Waals surface area contributed by atoms with E-state index in [0.29, 0.717) is 6.42 Å². The Labute approximate surface area is 134 Å². The van der Waals surface area contributed by atoms with Crippen LogP contribution in [0.15, 0.2) is 47.6 Å². The predicted molar refractivity (Wildman–Crippen MR) is 93.1 cm³/mol. The van der Waals surface area contributed by atoms with E-state index in [1.165, 1.54) is 0 Å². The maximum Gasteiger partial charge on any atom is 0.226 e. The van der Waals surface area contributed by atoms with Crippen LogP contribution in [0.4, 0.5) is 11.4 Å². The van der Waals surface area contributed by atoms with Gasteiger partial charge in [-0.3, -0.25) is 4.79 Å². The number of hydrazone groups is 1. The van der Waals surface area contributed by atoms with Gasteiger partial charge < -0.3 is 22.2 Å². The van der Waals surface area contributed by atoms with Gasteiger partial charge >= 0.3 is 0 Å². The summed E-state index contributed by atoms with van der Waals surface area (Å²) in [4.78, 5) is 11.9. The summed E-state index contributed by atoms with van der Waals surface area (Å²) in [5.74, 6) is 5.55. The SMILES string of the molecule is C[C@@H]1CC(=O)Nc2cccc(-c3cccc(C(N)=NN)c3)c2N1. The van der Waals surface area contributed by atoms with Gasteiger partial charge in [0.15, 0.2) is 0 Å². The molecule has 23 heavy (non-hydrogen) atoms. The number of nitrogens with two attached hydrogens (primary N) is 2. The fourth-order valence-corrected chi connectivity index (χ4v) is 2.75. The number of hydrogen-bond donors (Lipinski definition) is 4. The van der Waals surface area contributed by atoms with Gasteiger partial charge in [-0.2, -0.15) is 5.10 Å². The smallest absolute Gasteiger partial charge is 0.226 e. The molecule has 2 aromatic carbocycles. The maximum absolute atomic E-state index is 11.9. The quantitative estimate of drug-likeness (QED) is 0.295. The number of amidine groups is 1. The predicted octanol–water partition coefficient (Wildman–Crippen LogP) is 2.08. The van der Waals surface area contributed by atoms with Gasteiger partial charge in [0.1, 0.15) is 5.84 Å². The van der Waals surface area contributed by atoms with Crippen molar-refractivity contribution in [2.75, 3.05) is 10.6 Å². The lowest BCUT2D eigenvalue weighted by Gasteiger charge is -2.17. The summed E-state index contributed by atoms with van der Waals surface area (Å²) < 4.78 is 0. The Morgan fingerprint density at radius 2 is 2.04 bits per heavy atom. The minimum Gasteiger partial charge on any atom is -0.382 e. The molecule has 0 saturated heterocycles. The molecular weight excluding hydrogens is 290 g/mol. The number of anilines is 2. The highest BCUT2D eigenvalue weighted by Crippen LogP contribution is 2.36. The van der Waals surface area contributed by atoms with E-state index >= 15 is 0 Å². The molecule has 118 valence electrons. The zero-order valence-electron chi connectivity index (χ0n) is 12.8. The molecule has 6 nitrogen and oxygen atoms in total. The van der Waals surface area contributed by atoms with Crippen LogP contribution in [0.1, 0.15) is 18.9 Å². The molecule has 0 spiro atoms. The highest BCUT2D eigenvalue weighted by atomic mass is 16.1. The first kappa shape index (κ1) is 14.9. The number of nitrogens with one attached hydrogen (secondary N) is 2. The van der Waals surface area contributed by atoms with Crippen LogP contribution in [-0.4, -0.2) is 17.8 Å². The van der Waals surface area contributed by atoms with E-state index < -0.39 is 0 Å². The van der Waals surface area contributed by atoms with Crippen molar-refractivity contribution in [3.8, 4) is 11.1 Å². The van der Waals surface area contributed by atoms with Crippen LogP contribution in [0.25, 0.3) is 11.1 Å². The number of carbonyl (C=O) groups is 1. The highest BCUT2D eigenvalue weighted by Gasteiger charge is 2.20. The van der Waals surface area contributed by atoms with Crippen LogP contribution in [0, 0.1) is 0 Å². The topological polar surface area (TPSA) is 106 Å². The molecule has 0 bridgehead atoms. The number of benzene rings is 2. The van der Waals surface area contributed by atoms with Crippen molar-refractivity contribution in [2.45, 2.75) is 19.4 Å². The maximum atomic E-state index is 11.9. The number of fused-ring (bicyclic) bond motifs is 1. The minimum atomic E-state index is 0.00848. The molecule has 0 aromatic heterocycles. The molecule has 0 aliphatic carbocycles. The molecule has 1 aliphatic rings. The Balaban J connectivity index is 2.11. The van der Waals surface area contributed by atoms with Crippen molar-refractivity contribution in [3.63, 3.8) is 0 Å². The fraction of sp³-hybridized carbons (Fsp3) is 0.176. The largest absolute Gasteiger partial charge is 0.382 e. The lowest BCUT2D eigenvalue weighted by molar-refractivity contribution is -0.116. The molecule has 2 aromatic rings. The first-order valence-corrected chi connectivity index (χ1v) is 7.42. The summed E-state index contributed by atoms with van der Waals surface area (Å²) in [5, 5.41) is 9.89. The fourth-order valence-electron chi connectivity index (χ4n) is 2.75. The Morgan fingerprint density at radius 3 is 2.83 bits per heavy atom. The molecule has 0 fully saturated rings. The van der Waals surface area contributed by atoms with Gasteiger partial charge in [0.25, 0.3) is 0 Å². The first-order chi connectivity index (χ1) is 11.1. The Bertz CT molecular complexity index is 784. The van der Waals surface area contributed by atoms with E-state index in [2.05, 4.69) is 15.7 Å². The van der Waals surface area contributed by atoms with E-state index in [4.69, 9.17) is 11.6 Å². The molecule has 1 amide bonds. The van der Waals surface area contributed by atoms with E-state index in [-0.39, 0.29) is 17.8 Å². The van der Waals surface area contributed by atoms with Crippen molar-refractivity contribution in [1.29, 1.82) is 0 Å². The van der Waals surface area contributed by atoms with Gasteiger partial charge in [0.05, 0.1) is 11.4 Å². The number of carbonyl (C=O) groups excluding carboxylic acids is 1. The molecule has 6 heteroatoms. The molecule has 1 heterocycles. The molecule has 1 aliphatic heterocycles. The molecule has 3 rings (SSSR count). The second kappa shape index (κ2) is 6.00. The summed E-state index contributed by atoms with van der Waals surface area (Å²) in [5.41, 5.74) is 10.2. The van der Waals surface area contributed by atoms with Gasteiger partial charge in [-0.25, -0.2) is 0 Å². The van der Waals surface area contributed by atoms with Gasteiger partial charge in [0.2, 0.25) is 5.91 Å². The molecule has 0 unspecified atom stereocenters. The van der Waals surface area contributed by atoms with Gasteiger partial charge in [-0.1, -0.05) is 30.3 Å². The zero-order valence-corrected chi connectivity index (χ0v) is 12.8. The van der Waals surface area contributed by atoms with E-state index in [1.54, 1.807) is 0 Å². The van der Waals surface area contributed by atoms with Crippen molar-refractivity contribution in [3.05, 3.63) is 48.0 Å². The lowest BCUT2D eigenvalue weighted by atomic mass is 9.99. The van der Waals surface area contributed by atoms with E-state index in [1.807, 2.05) is 49.4 Å². The second-order valence-electron chi connectivity index (χ2n) is 5.62. The first-order valence-electron chi connectivity index (χ1n) is 7.42. The molecular formula is C17H19N5O. The third-order valence-electron chi connectivity index (χ3n) is 3.83. The van der Waals surface area contributed by atoms with E-state index in [9.17, 15) is 4.79 Å². The molecule has 6 N–H and O–H groups in total. The van der Waals surface area contributed by atoms with E-state index in [0.717, 1.165) is 28.1 Å². The van der Waals surface area contributed by atoms with Crippen molar-refractivity contribution in [1.82, 2.24) is 0 Å². The van der Waals surface area contributed by atoms with Gasteiger partial charge in [0, 0.05) is 23.6 Å². The normalized spacial score (nSPS) is 17.7. The third kappa shape index (κ3) is 2.96. The number of nitrogens with zero attached hydrogens (tertiary/aromatic N) is 1. The Kier molecular flexibility index (Phi) is 3.89. The van der Waals surface area contributed by atoms with Crippen LogP contribution in [0.3, 0.4) is 0 Å². The summed E-state index contributed by atoms with van der Waals surface area (Å²) in [6, 6.07) is 13.5. The number of amides is 1. The zero-order chi connectivity index (χ0) is 16.4. The Morgan fingerprint density at radius 1 is 1.26 bits per heavy atom. The van der Waals surface area contributed by atoms with Crippen LogP contribution in [0.5, 0.6) is 0 Å². The highest BCUT2D eigenvalue weighted by molar-refractivity contribution is 6.02. The summed E-state index contributed by atoms with van der Waals surface area (Å²) >= 11 is 0. The van der Waals surface area contributed by atoms with Crippen molar-refractivity contribution in [2.24, 2.45) is 16.7 Å². The number of hydrogen-bond acceptors (Lipinski definition) is 4. The third-order valence-corrected chi connectivity index (χ3v) is 3.83. The monoisotopic (exact) mass is 309 g/mol. The molecule has 1 atom stereocenters. The summed E-state index contributed by atoms with van der Waals surface area (Å²) in [6.07, 6.45) is 0.431. The lowest BCUT2D eigenvalue weighted by Crippen LogP contribution is -2.19. The summed E-state index contributed by atoms with van der Waals surface area (Å²) in [7, 11) is 0. The molecule has 0 radical (unpaired) electrons. The number of para-hydroxylation sites is 1. The Hall–Kier alpha value is -3.02. The standard InChI is InChI=1S/C17H19N5O/c1-10-8-15(23)21-14-7-3-6-13(16(14)20-10)11-4-2-5-12(9-11)17(18)22-19/h2-7,9-10,20H,8,19H2,1H3,(H2,18,22)(H,21,23)/t10-/m1/s1. The van der Waals surface area contributed by atoms with Crippen LogP contribution < -0.4 is 22.2 Å². The van der Waals surface area contributed by atoms with Gasteiger partial charge in [-0.15, -0.1) is 0 Å². The van der Waals surface area contributed by atoms with Crippen molar-refractivity contribution >= 4 is 23.1 Å². The number of rotatable bonds is 2. The van der Waals surface area contributed by atoms with Crippen LogP contribution in [0.2, 0.25) is 0 Å². The second-order valence-corrected chi connectivity index (χ2v) is 5.62. The van der Waals surface area contributed by atoms with Crippen molar-refractivity contribution < 1.29 is 4.79 Å². The summed E-state index contributed by atoms with van der Waals surface area (Å²) in [6.45, 7) is 1.99. The minimum absolute atomic E-state index is 0.00848.